The van der Waals surface area contributed by atoms with Crippen molar-refractivity contribution in [2.75, 3.05) is 19.1 Å². The van der Waals surface area contributed by atoms with Crippen molar-refractivity contribution in [2.45, 2.75) is 31.3 Å². The number of nitrogens with one attached hydrogen (secondary N) is 2. The highest BCUT2D eigenvalue weighted by Gasteiger charge is 2.29. The second-order valence-corrected chi connectivity index (χ2v) is 8.19. The molecule has 1 aromatic carbocycles. The van der Waals surface area contributed by atoms with Gasteiger partial charge in [-0.1, -0.05) is 12.1 Å². The third kappa shape index (κ3) is 5.52. The quantitative estimate of drug-likeness (QED) is 0.708. The van der Waals surface area contributed by atoms with E-state index in [2.05, 4.69) is 10.6 Å². The van der Waals surface area contributed by atoms with Crippen LogP contribution in [-0.2, 0) is 14.6 Å². The number of sulfone groups is 1. The number of methoxy groups -OCH3 is 1. The van der Waals surface area contributed by atoms with Gasteiger partial charge < -0.3 is 15.4 Å². The standard InChI is InChI=1S/C16H22N2O5S/c1-23-14-6-4-3-5-12(14)15(19)18-13(9-10-24(2,21)22)16(20)17-11-7-8-11/h3-6,11,13H,7-10H2,1-2H3,(H,17,20)(H,18,19). The van der Waals surface area contributed by atoms with E-state index in [0.717, 1.165) is 19.1 Å². The Bertz CT molecular complexity index is 713. The number of carbonyl (C=O) groups excluding carboxylic acids is 2. The first-order chi connectivity index (χ1) is 11.3. The van der Waals surface area contributed by atoms with Gasteiger partial charge in [0.25, 0.3) is 5.91 Å². The molecule has 132 valence electrons. The number of para-hydroxylation sites is 1. The van der Waals surface area contributed by atoms with E-state index in [0.29, 0.717) is 11.3 Å². The van der Waals surface area contributed by atoms with Gasteiger partial charge in [-0.3, -0.25) is 9.59 Å². The van der Waals surface area contributed by atoms with Gasteiger partial charge in [0.15, 0.2) is 0 Å². The summed E-state index contributed by atoms with van der Waals surface area (Å²) in [5, 5.41) is 5.41. The molecule has 1 fully saturated rings. The first-order valence-corrected chi connectivity index (χ1v) is 9.78. The van der Waals surface area contributed by atoms with Crippen LogP contribution in [0.15, 0.2) is 24.3 Å². The Kier molecular flexibility index (Phi) is 5.82. The lowest BCUT2D eigenvalue weighted by atomic mass is 10.1. The number of carbonyl (C=O) groups is 2. The molecule has 1 aromatic rings. The van der Waals surface area contributed by atoms with Crippen LogP contribution >= 0.6 is 0 Å². The van der Waals surface area contributed by atoms with Crippen LogP contribution in [0, 0.1) is 0 Å². The van der Waals surface area contributed by atoms with Crippen LogP contribution in [0.1, 0.15) is 29.6 Å². The predicted molar refractivity (Wildman–Crippen MR) is 89.7 cm³/mol. The third-order valence-corrected chi connectivity index (χ3v) is 4.65. The first kappa shape index (κ1) is 18.3. The van der Waals surface area contributed by atoms with Crippen molar-refractivity contribution in [3.05, 3.63) is 29.8 Å². The summed E-state index contributed by atoms with van der Waals surface area (Å²) in [4.78, 5) is 24.7. The molecule has 24 heavy (non-hydrogen) atoms. The fourth-order valence-electron chi connectivity index (χ4n) is 2.20. The highest BCUT2D eigenvalue weighted by atomic mass is 32.2. The van der Waals surface area contributed by atoms with Gasteiger partial charge in [-0.25, -0.2) is 8.42 Å². The zero-order chi connectivity index (χ0) is 17.7. The molecule has 0 aliphatic heterocycles. The zero-order valence-electron chi connectivity index (χ0n) is 13.7. The summed E-state index contributed by atoms with van der Waals surface area (Å²) in [6, 6.07) is 5.87. The van der Waals surface area contributed by atoms with Gasteiger partial charge in [-0.05, 0) is 31.4 Å². The third-order valence-electron chi connectivity index (χ3n) is 3.67. The minimum Gasteiger partial charge on any atom is -0.496 e. The van der Waals surface area contributed by atoms with Crippen LogP contribution in [0.5, 0.6) is 5.75 Å². The molecule has 2 rings (SSSR count). The van der Waals surface area contributed by atoms with Crippen molar-refractivity contribution < 1.29 is 22.7 Å². The summed E-state index contributed by atoms with van der Waals surface area (Å²) in [7, 11) is -1.78. The SMILES string of the molecule is COc1ccccc1C(=O)NC(CCS(C)(=O)=O)C(=O)NC1CC1. The van der Waals surface area contributed by atoms with Gasteiger partial charge in [0.1, 0.15) is 21.6 Å². The normalized spacial score (nSPS) is 15.4. The molecule has 1 aliphatic rings. The van der Waals surface area contributed by atoms with Gasteiger partial charge in [0.05, 0.1) is 18.4 Å². The van der Waals surface area contributed by atoms with E-state index >= 15 is 0 Å². The van der Waals surface area contributed by atoms with Crippen molar-refractivity contribution >= 4 is 21.7 Å². The largest absolute Gasteiger partial charge is 0.496 e. The summed E-state index contributed by atoms with van der Waals surface area (Å²) in [6.45, 7) is 0. The van der Waals surface area contributed by atoms with Crippen LogP contribution < -0.4 is 15.4 Å². The molecule has 1 unspecified atom stereocenters. The minimum atomic E-state index is -3.23. The maximum absolute atomic E-state index is 12.4. The summed E-state index contributed by atoms with van der Waals surface area (Å²) in [5.41, 5.74) is 0.295. The highest BCUT2D eigenvalue weighted by Crippen LogP contribution is 2.20. The molecule has 0 radical (unpaired) electrons. The molecule has 0 heterocycles. The lowest BCUT2D eigenvalue weighted by Gasteiger charge is -2.19. The van der Waals surface area contributed by atoms with Gasteiger partial charge >= 0.3 is 0 Å². The van der Waals surface area contributed by atoms with E-state index in [1.165, 1.54) is 7.11 Å². The lowest BCUT2D eigenvalue weighted by Crippen LogP contribution is -2.48. The van der Waals surface area contributed by atoms with Crippen molar-refractivity contribution in [1.29, 1.82) is 0 Å². The molecule has 2 N–H and O–H groups in total. The first-order valence-electron chi connectivity index (χ1n) is 7.72. The van der Waals surface area contributed by atoms with Crippen LogP contribution in [0.3, 0.4) is 0 Å². The van der Waals surface area contributed by atoms with Crippen LogP contribution in [0.4, 0.5) is 0 Å². The Morgan fingerprint density at radius 3 is 2.54 bits per heavy atom. The van der Waals surface area contributed by atoms with Crippen molar-refractivity contribution in [3.8, 4) is 5.75 Å². The van der Waals surface area contributed by atoms with Gasteiger partial charge in [0, 0.05) is 12.3 Å². The van der Waals surface area contributed by atoms with Gasteiger partial charge in [-0.2, -0.15) is 0 Å². The number of benzene rings is 1. The van der Waals surface area contributed by atoms with Crippen molar-refractivity contribution in [2.24, 2.45) is 0 Å². The Labute approximate surface area is 141 Å². The second-order valence-electron chi connectivity index (χ2n) is 5.93. The average Bonchev–Trinajstić information content (AvgIpc) is 3.34. The minimum absolute atomic E-state index is 0.0261. The second kappa shape index (κ2) is 7.65. The Balaban J connectivity index is 2.10. The zero-order valence-corrected chi connectivity index (χ0v) is 14.6. The van der Waals surface area contributed by atoms with E-state index in [9.17, 15) is 18.0 Å². The van der Waals surface area contributed by atoms with Crippen molar-refractivity contribution in [1.82, 2.24) is 10.6 Å². The summed E-state index contributed by atoms with van der Waals surface area (Å²) >= 11 is 0. The summed E-state index contributed by atoms with van der Waals surface area (Å²) in [5.74, 6) is -0.622. The number of hydrogen-bond acceptors (Lipinski definition) is 5. The molecule has 1 saturated carbocycles. The molecular formula is C16H22N2O5S. The molecule has 7 nitrogen and oxygen atoms in total. The fourth-order valence-corrected chi connectivity index (χ4v) is 2.86. The van der Waals surface area contributed by atoms with Crippen LogP contribution in [0.2, 0.25) is 0 Å². The van der Waals surface area contributed by atoms with Crippen LogP contribution in [0.25, 0.3) is 0 Å². The molecule has 0 spiro atoms. The maximum Gasteiger partial charge on any atom is 0.255 e. The number of amides is 2. The predicted octanol–water partition coefficient (Wildman–Crippen LogP) is 0.507. The molecule has 1 atom stereocenters. The smallest absolute Gasteiger partial charge is 0.255 e. The summed E-state index contributed by atoms with van der Waals surface area (Å²) in [6.07, 6.45) is 2.94. The maximum atomic E-state index is 12.4. The van der Waals surface area contributed by atoms with E-state index in [4.69, 9.17) is 4.74 Å². The van der Waals surface area contributed by atoms with E-state index < -0.39 is 21.8 Å². The van der Waals surface area contributed by atoms with E-state index in [-0.39, 0.29) is 24.1 Å². The fraction of sp³-hybridized carbons (Fsp3) is 0.500. The molecular weight excluding hydrogens is 332 g/mol. The monoisotopic (exact) mass is 354 g/mol. The Hall–Kier alpha value is -2.09. The Morgan fingerprint density at radius 2 is 1.96 bits per heavy atom. The average molecular weight is 354 g/mol. The van der Waals surface area contributed by atoms with Crippen LogP contribution in [-0.4, -0.2) is 51.4 Å². The molecule has 1 aliphatic carbocycles. The van der Waals surface area contributed by atoms with Gasteiger partial charge in [0.2, 0.25) is 5.91 Å². The highest BCUT2D eigenvalue weighted by molar-refractivity contribution is 7.90. The molecule has 0 saturated heterocycles. The molecule has 0 aromatic heterocycles. The molecule has 2 amide bonds. The number of hydrogen-bond donors (Lipinski definition) is 2. The lowest BCUT2D eigenvalue weighted by molar-refractivity contribution is -0.123. The van der Waals surface area contributed by atoms with Crippen molar-refractivity contribution in [3.63, 3.8) is 0 Å². The van der Waals surface area contributed by atoms with Gasteiger partial charge in [-0.15, -0.1) is 0 Å². The van der Waals surface area contributed by atoms with E-state index in [1.807, 2.05) is 0 Å². The summed E-state index contributed by atoms with van der Waals surface area (Å²) < 4.78 is 27.9. The van der Waals surface area contributed by atoms with E-state index in [1.54, 1.807) is 24.3 Å². The molecule has 0 bridgehead atoms. The Morgan fingerprint density at radius 1 is 1.29 bits per heavy atom. The number of ether oxygens (including phenoxy) is 1. The molecule has 8 heteroatoms. The number of rotatable bonds is 8. The topological polar surface area (TPSA) is 102 Å².